The van der Waals surface area contributed by atoms with Gasteiger partial charge in [-0.3, -0.25) is 9.69 Å². The maximum Gasteiger partial charge on any atom is 0.327 e. The van der Waals surface area contributed by atoms with E-state index in [0.717, 1.165) is 4.90 Å². The van der Waals surface area contributed by atoms with Gasteiger partial charge in [0.25, 0.3) is 0 Å². The minimum atomic E-state index is -0.940. The molecule has 20 heavy (non-hydrogen) atoms. The molecule has 0 bridgehead atoms. The lowest BCUT2D eigenvalue weighted by molar-refractivity contribution is -0.126. The Balaban J connectivity index is 1.83. The molecule has 1 saturated heterocycles. The highest BCUT2D eigenvalue weighted by Crippen LogP contribution is 2.16. The summed E-state index contributed by atoms with van der Waals surface area (Å²) >= 11 is 5.74. The highest BCUT2D eigenvalue weighted by Gasteiger charge is 2.34. The fourth-order valence-electron chi connectivity index (χ4n) is 1.84. The van der Waals surface area contributed by atoms with Crippen molar-refractivity contribution in [3.63, 3.8) is 0 Å². The van der Waals surface area contributed by atoms with Crippen molar-refractivity contribution in [2.75, 3.05) is 26.7 Å². The second-order valence-electron chi connectivity index (χ2n) is 4.56. The summed E-state index contributed by atoms with van der Waals surface area (Å²) in [6, 6.07) is 6.29. The Morgan fingerprint density at radius 2 is 2.00 bits per heavy atom. The minimum Gasteiger partial charge on any atom is -0.491 e. The van der Waals surface area contributed by atoms with E-state index < -0.39 is 12.1 Å². The summed E-state index contributed by atoms with van der Waals surface area (Å²) in [7, 11) is 1.54. The van der Waals surface area contributed by atoms with Gasteiger partial charge in [0.05, 0.1) is 6.54 Å². The molecule has 1 N–H and O–H groups in total. The predicted octanol–water partition coefficient (Wildman–Crippen LogP) is 0.974. The quantitative estimate of drug-likeness (QED) is 0.823. The lowest BCUT2D eigenvalue weighted by atomic mass is 10.3. The fraction of sp³-hybridized carbons (Fsp3) is 0.385. The van der Waals surface area contributed by atoms with Gasteiger partial charge >= 0.3 is 6.03 Å². The van der Waals surface area contributed by atoms with E-state index in [1.165, 1.54) is 11.9 Å². The highest BCUT2D eigenvalue weighted by atomic mass is 35.5. The van der Waals surface area contributed by atoms with E-state index in [-0.39, 0.29) is 25.6 Å². The summed E-state index contributed by atoms with van der Waals surface area (Å²) in [6.45, 7) is -0.0401. The average Bonchev–Trinajstić information content (AvgIpc) is 2.65. The molecule has 1 fully saturated rings. The number of carbonyl (C=O) groups excluding carboxylic acids is 2. The molecule has 2 rings (SSSR count). The Morgan fingerprint density at radius 1 is 1.35 bits per heavy atom. The van der Waals surface area contributed by atoms with Crippen molar-refractivity contribution in [3.8, 4) is 5.75 Å². The predicted molar refractivity (Wildman–Crippen MR) is 72.7 cm³/mol. The molecular formula is C13H15ClN2O4. The Hall–Kier alpha value is -1.79. The van der Waals surface area contributed by atoms with E-state index in [1.807, 2.05) is 0 Å². The molecule has 3 amide bonds. The summed E-state index contributed by atoms with van der Waals surface area (Å²) in [5, 5.41) is 10.4. The number of benzene rings is 1. The lowest BCUT2D eigenvalue weighted by Gasteiger charge is -2.18. The first-order chi connectivity index (χ1) is 9.47. The molecule has 1 heterocycles. The largest absolute Gasteiger partial charge is 0.491 e. The minimum absolute atomic E-state index is 0.0115. The van der Waals surface area contributed by atoms with Crippen LogP contribution in [0.15, 0.2) is 24.3 Å². The zero-order valence-corrected chi connectivity index (χ0v) is 11.7. The van der Waals surface area contributed by atoms with Crippen LogP contribution in [0.3, 0.4) is 0 Å². The molecule has 0 aliphatic carbocycles. The van der Waals surface area contributed by atoms with E-state index >= 15 is 0 Å². The van der Waals surface area contributed by atoms with Crippen molar-refractivity contribution < 1.29 is 19.4 Å². The van der Waals surface area contributed by atoms with Gasteiger partial charge in [-0.1, -0.05) is 11.6 Å². The van der Waals surface area contributed by atoms with Crippen molar-refractivity contribution in [1.29, 1.82) is 0 Å². The monoisotopic (exact) mass is 298 g/mol. The Bertz CT molecular complexity index is 506. The number of hydrogen-bond donors (Lipinski definition) is 1. The maximum absolute atomic E-state index is 11.6. The molecule has 1 aliphatic rings. The van der Waals surface area contributed by atoms with Gasteiger partial charge < -0.3 is 14.7 Å². The molecule has 0 spiro atoms. The molecule has 1 aliphatic heterocycles. The SMILES string of the molecule is CN1CC(=O)N(C[C@@H](O)COc2ccc(Cl)cc2)C1=O. The smallest absolute Gasteiger partial charge is 0.327 e. The van der Waals surface area contributed by atoms with E-state index in [1.54, 1.807) is 24.3 Å². The lowest BCUT2D eigenvalue weighted by Crippen LogP contribution is -2.40. The van der Waals surface area contributed by atoms with Crippen molar-refractivity contribution in [3.05, 3.63) is 29.3 Å². The first kappa shape index (κ1) is 14.6. The third-order valence-corrected chi connectivity index (χ3v) is 3.13. The molecule has 108 valence electrons. The molecule has 0 unspecified atom stereocenters. The topological polar surface area (TPSA) is 70.1 Å². The number of carbonyl (C=O) groups is 2. The standard InChI is InChI=1S/C13H15ClN2O4/c1-15-7-12(18)16(13(15)19)6-10(17)8-20-11-4-2-9(14)3-5-11/h2-5,10,17H,6-8H2,1H3/t10-/m1/s1. The number of likely N-dealkylation sites (N-methyl/N-ethyl adjacent to an activating group) is 1. The number of imide groups is 1. The Labute approximate surface area is 121 Å². The normalized spacial score (nSPS) is 16.8. The maximum atomic E-state index is 11.6. The third-order valence-electron chi connectivity index (χ3n) is 2.88. The number of amides is 3. The van der Waals surface area contributed by atoms with E-state index in [4.69, 9.17) is 16.3 Å². The molecule has 0 radical (unpaired) electrons. The van der Waals surface area contributed by atoms with Gasteiger partial charge in [-0.25, -0.2) is 4.79 Å². The zero-order chi connectivity index (χ0) is 14.7. The van der Waals surface area contributed by atoms with Gasteiger partial charge in [0.15, 0.2) is 0 Å². The fourth-order valence-corrected chi connectivity index (χ4v) is 1.96. The van der Waals surface area contributed by atoms with Crippen LogP contribution in [0.4, 0.5) is 4.79 Å². The summed E-state index contributed by atoms with van der Waals surface area (Å²) in [4.78, 5) is 25.5. The summed E-state index contributed by atoms with van der Waals surface area (Å²) in [6.07, 6.45) is -0.940. The van der Waals surface area contributed by atoms with Crippen LogP contribution in [0.5, 0.6) is 5.75 Å². The number of β-amino-alcohol motifs (C(OH)–C–C–N with tert-alkyl or cyclic N) is 1. The molecule has 0 aromatic heterocycles. The number of halogens is 1. The Kier molecular flexibility index (Phi) is 4.46. The average molecular weight is 299 g/mol. The molecule has 0 saturated carbocycles. The third kappa shape index (κ3) is 3.40. The summed E-state index contributed by atoms with van der Waals surface area (Å²) in [5.41, 5.74) is 0. The molecular weight excluding hydrogens is 284 g/mol. The van der Waals surface area contributed by atoms with Gasteiger partial charge in [-0.2, -0.15) is 0 Å². The van der Waals surface area contributed by atoms with Crippen molar-refractivity contribution in [2.45, 2.75) is 6.10 Å². The van der Waals surface area contributed by atoms with Crippen LogP contribution in [0.25, 0.3) is 0 Å². The van der Waals surface area contributed by atoms with Crippen LogP contribution in [-0.4, -0.2) is 59.7 Å². The van der Waals surface area contributed by atoms with Crippen LogP contribution < -0.4 is 4.74 Å². The second kappa shape index (κ2) is 6.11. The van der Waals surface area contributed by atoms with Gasteiger partial charge in [0.2, 0.25) is 5.91 Å². The molecule has 1 aromatic carbocycles. The number of urea groups is 1. The number of rotatable bonds is 5. The second-order valence-corrected chi connectivity index (χ2v) is 5.00. The van der Waals surface area contributed by atoms with Crippen LogP contribution in [-0.2, 0) is 4.79 Å². The number of aliphatic hydroxyl groups is 1. The van der Waals surface area contributed by atoms with Crippen LogP contribution in [0.1, 0.15) is 0 Å². The zero-order valence-electron chi connectivity index (χ0n) is 11.0. The van der Waals surface area contributed by atoms with Gasteiger partial charge in [0, 0.05) is 12.1 Å². The van der Waals surface area contributed by atoms with Crippen LogP contribution in [0.2, 0.25) is 5.02 Å². The molecule has 1 aromatic rings. The van der Waals surface area contributed by atoms with Gasteiger partial charge in [-0.15, -0.1) is 0 Å². The van der Waals surface area contributed by atoms with Crippen molar-refractivity contribution >= 4 is 23.5 Å². The summed E-state index contributed by atoms with van der Waals surface area (Å²) < 4.78 is 5.36. The van der Waals surface area contributed by atoms with Crippen molar-refractivity contribution in [2.24, 2.45) is 0 Å². The van der Waals surface area contributed by atoms with E-state index in [9.17, 15) is 14.7 Å². The van der Waals surface area contributed by atoms with Crippen LogP contribution in [0, 0.1) is 0 Å². The van der Waals surface area contributed by atoms with E-state index in [2.05, 4.69) is 0 Å². The number of hydrogen-bond acceptors (Lipinski definition) is 4. The first-order valence-corrected chi connectivity index (χ1v) is 6.47. The van der Waals surface area contributed by atoms with Gasteiger partial charge in [-0.05, 0) is 24.3 Å². The first-order valence-electron chi connectivity index (χ1n) is 6.09. The van der Waals surface area contributed by atoms with Gasteiger partial charge in [0.1, 0.15) is 25.0 Å². The molecule has 6 nitrogen and oxygen atoms in total. The number of aliphatic hydroxyl groups excluding tert-OH is 1. The summed E-state index contributed by atoms with van der Waals surface area (Å²) in [5.74, 6) is 0.243. The number of nitrogens with zero attached hydrogens (tertiary/aromatic N) is 2. The van der Waals surface area contributed by atoms with Crippen molar-refractivity contribution in [1.82, 2.24) is 9.80 Å². The van der Waals surface area contributed by atoms with Crippen LogP contribution >= 0.6 is 11.6 Å². The van der Waals surface area contributed by atoms with E-state index in [0.29, 0.717) is 10.8 Å². The Morgan fingerprint density at radius 3 is 2.55 bits per heavy atom. The molecule has 1 atom stereocenters. The molecule has 7 heteroatoms. The number of ether oxygens (including phenoxy) is 1. The highest BCUT2D eigenvalue weighted by molar-refractivity contribution is 6.30.